The van der Waals surface area contributed by atoms with Gasteiger partial charge in [-0.05, 0) is 47.1 Å². The molecule has 0 aromatic heterocycles. The lowest BCUT2D eigenvalue weighted by Gasteiger charge is -2.22. The molecular weight excluding hydrogens is 312 g/mol. The highest BCUT2D eigenvalue weighted by atomic mass is 16.5. The standard InChI is InChI=1S/C21H26N2O2/c1-2-3-6-12-21(22,23)20(24)25-14-16-9-7-11-18-17-10-5-4-8-15(17)13-19(16)18/h4-5,7-11H,2-3,6,12-14,22-23H2,1H3. The number of benzene rings is 2. The van der Waals surface area contributed by atoms with Gasteiger partial charge in [-0.15, -0.1) is 0 Å². The van der Waals surface area contributed by atoms with Crippen molar-refractivity contribution in [3.05, 3.63) is 59.2 Å². The summed E-state index contributed by atoms with van der Waals surface area (Å²) in [5.74, 6) is -0.531. The van der Waals surface area contributed by atoms with E-state index in [9.17, 15) is 4.79 Å². The Morgan fingerprint density at radius 2 is 1.84 bits per heavy atom. The summed E-state index contributed by atoms with van der Waals surface area (Å²) in [5.41, 5.74) is 16.5. The predicted molar refractivity (Wildman–Crippen MR) is 99.7 cm³/mol. The molecule has 4 nitrogen and oxygen atoms in total. The molecule has 1 aliphatic carbocycles. The molecule has 2 aromatic carbocycles. The quantitative estimate of drug-likeness (QED) is 0.393. The second-order valence-corrected chi connectivity index (χ2v) is 6.85. The van der Waals surface area contributed by atoms with Crippen LogP contribution in [0.25, 0.3) is 11.1 Å². The van der Waals surface area contributed by atoms with E-state index in [0.29, 0.717) is 6.42 Å². The van der Waals surface area contributed by atoms with Gasteiger partial charge in [0.1, 0.15) is 6.61 Å². The highest BCUT2D eigenvalue weighted by molar-refractivity contribution is 5.80. The Kier molecular flexibility index (Phi) is 5.21. The van der Waals surface area contributed by atoms with E-state index >= 15 is 0 Å². The van der Waals surface area contributed by atoms with Crippen LogP contribution in [-0.4, -0.2) is 11.6 Å². The molecule has 2 aromatic rings. The summed E-state index contributed by atoms with van der Waals surface area (Å²) in [5, 5.41) is 0. The maximum absolute atomic E-state index is 12.3. The summed E-state index contributed by atoms with van der Waals surface area (Å²) >= 11 is 0. The van der Waals surface area contributed by atoms with E-state index in [1.54, 1.807) is 0 Å². The molecule has 1 aliphatic rings. The van der Waals surface area contributed by atoms with Crippen molar-refractivity contribution in [1.82, 2.24) is 0 Å². The first kappa shape index (κ1) is 17.6. The molecule has 4 heteroatoms. The number of nitrogens with two attached hydrogens (primary N) is 2. The van der Waals surface area contributed by atoms with E-state index in [1.165, 1.54) is 22.3 Å². The van der Waals surface area contributed by atoms with Crippen molar-refractivity contribution in [2.24, 2.45) is 11.5 Å². The van der Waals surface area contributed by atoms with Crippen LogP contribution in [0.15, 0.2) is 42.5 Å². The molecule has 3 rings (SSSR count). The van der Waals surface area contributed by atoms with Crippen molar-refractivity contribution in [3.63, 3.8) is 0 Å². The highest BCUT2D eigenvalue weighted by Crippen LogP contribution is 2.38. The molecule has 0 amide bonds. The number of carbonyl (C=O) groups is 1. The number of fused-ring (bicyclic) bond motifs is 3. The van der Waals surface area contributed by atoms with E-state index in [2.05, 4.69) is 31.2 Å². The second-order valence-electron chi connectivity index (χ2n) is 6.85. The van der Waals surface area contributed by atoms with E-state index in [1.807, 2.05) is 18.2 Å². The van der Waals surface area contributed by atoms with Crippen molar-refractivity contribution in [3.8, 4) is 11.1 Å². The molecule has 0 heterocycles. The fraction of sp³-hybridized carbons (Fsp3) is 0.381. The monoisotopic (exact) mass is 338 g/mol. The number of hydrogen-bond donors (Lipinski definition) is 2. The van der Waals surface area contributed by atoms with Gasteiger partial charge in [0.15, 0.2) is 5.66 Å². The highest BCUT2D eigenvalue weighted by Gasteiger charge is 2.30. The maximum Gasteiger partial charge on any atom is 0.341 e. The Morgan fingerprint density at radius 1 is 1.08 bits per heavy atom. The SMILES string of the molecule is CCCCCC(N)(N)C(=O)OCc1cccc2c1Cc1ccccc1-2. The Bertz CT molecular complexity index is 768. The fourth-order valence-electron chi connectivity index (χ4n) is 3.41. The third-order valence-corrected chi connectivity index (χ3v) is 4.88. The summed E-state index contributed by atoms with van der Waals surface area (Å²) in [7, 11) is 0. The average molecular weight is 338 g/mol. The van der Waals surface area contributed by atoms with Gasteiger partial charge in [0.2, 0.25) is 0 Å². The molecule has 0 atom stereocenters. The second kappa shape index (κ2) is 7.38. The van der Waals surface area contributed by atoms with Gasteiger partial charge in [0, 0.05) is 0 Å². The Morgan fingerprint density at radius 3 is 2.64 bits per heavy atom. The number of hydrogen-bond acceptors (Lipinski definition) is 4. The van der Waals surface area contributed by atoms with Gasteiger partial charge in [-0.25, -0.2) is 4.79 Å². The van der Waals surface area contributed by atoms with Crippen LogP contribution in [0, 0.1) is 0 Å². The number of unbranched alkanes of at least 4 members (excludes halogenated alkanes) is 2. The Hall–Kier alpha value is -2.17. The summed E-state index contributed by atoms with van der Waals surface area (Å²) in [6.07, 6.45) is 4.20. The van der Waals surface area contributed by atoms with Gasteiger partial charge < -0.3 is 16.2 Å². The summed E-state index contributed by atoms with van der Waals surface area (Å²) in [6.45, 7) is 2.31. The fourth-order valence-corrected chi connectivity index (χ4v) is 3.41. The minimum atomic E-state index is -1.41. The van der Waals surface area contributed by atoms with E-state index in [-0.39, 0.29) is 6.61 Å². The van der Waals surface area contributed by atoms with Crippen molar-refractivity contribution >= 4 is 5.97 Å². The van der Waals surface area contributed by atoms with Crippen molar-refractivity contribution in [1.29, 1.82) is 0 Å². The lowest BCUT2D eigenvalue weighted by molar-refractivity contribution is -0.151. The minimum absolute atomic E-state index is 0.208. The maximum atomic E-state index is 12.3. The number of rotatable bonds is 7. The Labute approximate surface area is 149 Å². The molecule has 0 aliphatic heterocycles. The normalized spacial score (nSPS) is 12.6. The van der Waals surface area contributed by atoms with Crippen LogP contribution in [0.1, 0.15) is 49.3 Å². The smallest absolute Gasteiger partial charge is 0.341 e. The van der Waals surface area contributed by atoms with Crippen LogP contribution in [0.2, 0.25) is 0 Å². The minimum Gasteiger partial charge on any atom is -0.458 e. The first-order valence-corrected chi connectivity index (χ1v) is 8.97. The summed E-state index contributed by atoms with van der Waals surface area (Å²) in [6, 6.07) is 14.5. The Balaban J connectivity index is 1.68. The van der Waals surface area contributed by atoms with E-state index in [4.69, 9.17) is 16.2 Å². The summed E-state index contributed by atoms with van der Waals surface area (Å²) < 4.78 is 5.46. The number of ether oxygens (including phenoxy) is 1. The molecule has 0 saturated carbocycles. The average Bonchev–Trinajstić information content (AvgIpc) is 2.99. The molecule has 0 spiro atoms. The van der Waals surface area contributed by atoms with Crippen molar-refractivity contribution in [2.75, 3.05) is 0 Å². The largest absolute Gasteiger partial charge is 0.458 e. The zero-order chi connectivity index (χ0) is 17.9. The molecule has 0 saturated heterocycles. The van der Waals surface area contributed by atoms with Gasteiger partial charge in [-0.2, -0.15) is 0 Å². The van der Waals surface area contributed by atoms with Crippen LogP contribution >= 0.6 is 0 Å². The van der Waals surface area contributed by atoms with Gasteiger partial charge in [-0.1, -0.05) is 62.2 Å². The molecule has 4 N–H and O–H groups in total. The zero-order valence-corrected chi connectivity index (χ0v) is 14.8. The number of carbonyl (C=O) groups excluding carboxylic acids is 1. The van der Waals surface area contributed by atoms with Gasteiger partial charge in [-0.3, -0.25) is 0 Å². The molecule has 0 fully saturated rings. The topological polar surface area (TPSA) is 78.3 Å². The molecule has 0 radical (unpaired) electrons. The van der Waals surface area contributed by atoms with Crippen LogP contribution in [-0.2, 0) is 22.6 Å². The third kappa shape index (κ3) is 3.75. The van der Waals surface area contributed by atoms with Crippen LogP contribution < -0.4 is 11.5 Å². The first-order valence-electron chi connectivity index (χ1n) is 8.97. The zero-order valence-electron chi connectivity index (χ0n) is 14.8. The van der Waals surface area contributed by atoms with Crippen molar-refractivity contribution < 1.29 is 9.53 Å². The molecule has 0 bridgehead atoms. The van der Waals surface area contributed by atoms with Gasteiger partial charge in [0.25, 0.3) is 0 Å². The van der Waals surface area contributed by atoms with E-state index < -0.39 is 11.6 Å². The molecular formula is C21H26N2O2. The summed E-state index contributed by atoms with van der Waals surface area (Å²) in [4.78, 5) is 12.3. The first-order chi connectivity index (χ1) is 12.0. The lowest BCUT2D eigenvalue weighted by Crippen LogP contribution is -2.57. The lowest BCUT2D eigenvalue weighted by atomic mass is 10.0. The third-order valence-electron chi connectivity index (χ3n) is 4.88. The number of esters is 1. The van der Waals surface area contributed by atoms with Gasteiger partial charge in [0.05, 0.1) is 0 Å². The van der Waals surface area contributed by atoms with Crippen molar-refractivity contribution in [2.45, 2.75) is 51.3 Å². The van der Waals surface area contributed by atoms with Gasteiger partial charge >= 0.3 is 5.97 Å². The molecule has 132 valence electrons. The van der Waals surface area contributed by atoms with Crippen LogP contribution in [0.3, 0.4) is 0 Å². The molecule has 25 heavy (non-hydrogen) atoms. The predicted octanol–water partition coefficient (Wildman–Crippen LogP) is 3.50. The van der Waals surface area contributed by atoms with E-state index in [0.717, 1.165) is 31.2 Å². The molecule has 0 unspecified atom stereocenters. The van der Waals surface area contributed by atoms with Crippen LogP contribution in [0.5, 0.6) is 0 Å². The van der Waals surface area contributed by atoms with Crippen LogP contribution in [0.4, 0.5) is 0 Å².